The van der Waals surface area contributed by atoms with Gasteiger partial charge in [0.1, 0.15) is 4.88 Å². The fourth-order valence-corrected chi connectivity index (χ4v) is 5.38. The SMILES string of the molecule is Cc1ccc(N=c2sc(C3=c4ccc(Cl)c(C)c4=NC3=O)c(O)n2-c2ccc(C)c(C)c2)cc1C. The number of benzene rings is 3. The summed E-state index contributed by atoms with van der Waals surface area (Å²) in [4.78, 5) is 23.2. The van der Waals surface area contributed by atoms with Gasteiger partial charge in [-0.15, -0.1) is 0 Å². The summed E-state index contributed by atoms with van der Waals surface area (Å²) in [7, 11) is 0. The van der Waals surface area contributed by atoms with Crippen molar-refractivity contribution in [1.82, 2.24) is 4.57 Å². The minimum atomic E-state index is -0.396. The van der Waals surface area contributed by atoms with Crippen LogP contribution in [0.1, 0.15) is 32.7 Å². The molecule has 35 heavy (non-hydrogen) atoms. The van der Waals surface area contributed by atoms with E-state index in [9.17, 15) is 9.90 Å². The predicted octanol–water partition coefficient (Wildman–Crippen LogP) is 5.03. The predicted molar refractivity (Wildman–Crippen MR) is 140 cm³/mol. The Balaban J connectivity index is 1.85. The highest BCUT2D eigenvalue weighted by molar-refractivity contribution is 7.11. The molecule has 5 nitrogen and oxygen atoms in total. The van der Waals surface area contributed by atoms with Crippen LogP contribution >= 0.6 is 22.9 Å². The normalized spacial score (nSPS) is 13.4. The number of aromatic nitrogens is 1. The minimum absolute atomic E-state index is 0.0418. The molecule has 1 amide bonds. The third kappa shape index (κ3) is 3.93. The number of fused-ring (bicyclic) bond motifs is 1. The molecule has 1 aromatic heterocycles. The van der Waals surface area contributed by atoms with Crippen molar-refractivity contribution >= 4 is 40.1 Å². The first-order valence-electron chi connectivity index (χ1n) is 11.2. The van der Waals surface area contributed by atoms with Crippen molar-refractivity contribution in [3.63, 3.8) is 0 Å². The third-order valence-corrected chi connectivity index (χ3v) is 8.01. The van der Waals surface area contributed by atoms with Gasteiger partial charge >= 0.3 is 0 Å². The smallest absolute Gasteiger partial charge is 0.279 e. The number of aryl methyl sites for hydroxylation is 4. The number of halogens is 1. The van der Waals surface area contributed by atoms with Gasteiger partial charge in [0, 0.05) is 10.2 Å². The van der Waals surface area contributed by atoms with Crippen LogP contribution in [0.2, 0.25) is 5.02 Å². The summed E-state index contributed by atoms with van der Waals surface area (Å²) in [6, 6.07) is 15.5. The zero-order valence-corrected chi connectivity index (χ0v) is 21.7. The van der Waals surface area contributed by atoms with E-state index in [1.54, 1.807) is 16.7 Å². The standard InChI is InChI=1S/C28H24ClN3O2S/c1-14-6-8-19(12-16(14)3)30-28-32(20-9-7-15(2)17(4)13-20)27(34)25(35-28)23-21-10-11-22(29)18(5)24(21)31-26(23)33/h6-13,34H,1-5H3. The number of aromatic hydroxyl groups is 1. The zero-order chi connectivity index (χ0) is 25.0. The Bertz CT molecular complexity index is 1750. The van der Waals surface area contributed by atoms with Crippen molar-refractivity contribution in [3.8, 4) is 11.6 Å². The first-order chi connectivity index (χ1) is 16.7. The molecule has 176 valence electrons. The quantitative estimate of drug-likeness (QED) is 0.428. The first kappa shape index (κ1) is 23.3. The van der Waals surface area contributed by atoms with Crippen molar-refractivity contribution in [3.05, 3.63) is 102 Å². The molecule has 0 spiro atoms. The maximum absolute atomic E-state index is 13.1. The van der Waals surface area contributed by atoms with Crippen LogP contribution in [-0.4, -0.2) is 15.6 Å². The van der Waals surface area contributed by atoms with Gasteiger partial charge in [-0.3, -0.25) is 9.36 Å². The molecule has 2 heterocycles. The molecule has 7 heteroatoms. The van der Waals surface area contributed by atoms with Gasteiger partial charge in [-0.05, 0) is 92.8 Å². The van der Waals surface area contributed by atoms with E-state index >= 15 is 0 Å². The van der Waals surface area contributed by atoms with Crippen LogP contribution in [-0.2, 0) is 4.79 Å². The van der Waals surface area contributed by atoms with Gasteiger partial charge in [0.05, 0.1) is 22.3 Å². The number of rotatable bonds is 3. The second-order valence-corrected chi connectivity index (χ2v) is 10.3. The highest BCUT2D eigenvalue weighted by atomic mass is 35.5. The van der Waals surface area contributed by atoms with Crippen molar-refractivity contribution < 1.29 is 9.90 Å². The Morgan fingerprint density at radius 2 is 1.60 bits per heavy atom. The molecule has 0 fully saturated rings. The Labute approximate surface area is 212 Å². The minimum Gasteiger partial charge on any atom is -0.493 e. The molecular weight excluding hydrogens is 478 g/mol. The van der Waals surface area contributed by atoms with Crippen LogP contribution in [0.3, 0.4) is 0 Å². The van der Waals surface area contributed by atoms with Crippen molar-refractivity contribution in [2.45, 2.75) is 34.6 Å². The largest absolute Gasteiger partial charge is 0.493 e. The Morgan fingerprint density at radius 1 is 0.914 bits per heavy atom. The van der Waals surface area contributed by atoms with E-state index in [1.165, 1.54) is 16.9 Å². The zero-order valence-electron chi connectivity index (χ0n) is 20.1. The van der Waals surface area contributed by atoms with Crippen LogP contribution in [0.25, 0.3) is 11.3 Å². The summed E-state index contributed by atoms with van der Waals surface area (Å²) in [5.41, 5.74) is 7.20. The lowest BCUT2D eigenvalue weighted by atomic mass is 10.1. The molecule has 0 aliphatic carbocycles. The Hall–Kier alpha value is -3.48. The van der Waals surface area contributed by atoms with E-state index in [-0.39, 0.29) is 5.88 Å². The van der Waals surface area contributed by atoms with Crippen LogP contribution in [0.15, 0.2) is 58.5 Å². The van der Waals surface area contributed by atoms with Gasteiger partial charge in [0.15, 0.2) is 4.80 Å². The van der Waals surface area contributed by atoms with Crippen LogP contribution in [0.4, 0.5) is 5.69 Å². The molecule has 0 saturated carbocycles. The number of nitrogens with zero attached hydrogens (tertiary/aromatic N) is 3. The van der Waals surface area contributed by atoms with Gasteiger partial charge in [-0.25, -0.2) is 9.98 Å². The second-order valence-electron chi connectivity index (χ2n) is 8.88. The van der Waals surface area contributed by atoms with Crippen LogP contribution in [0, 0.1) is 34.6 Å². The Kier molecular flexibility index (Phi) is 5.74. The van der Waals surface area contributed by atoms with E-state index < -0.39 is 5.91 Å². The molecule has 1 aliphatic heterocycles. The molecule has 3 aromatic carbocycles. The van der Waals surface area contributed by atoms with E-state index in [0.717, 1.165) is 33.6 Å². The van der Waals surface area contributed by atoms with Gasteiger partial charge in [-0.2, -0.15) is 0 Å². The summed E-state index contributed by atoms with van der Waals surface area (Å²) in [6.45, 7) is 10.0. The molecule has 0 radical (unpaired) electrons. The molecule has 5 rings (SSSR count). The molecule has 4 aromatic rings. The topological polar surface area (TPSA) is 66.9 Å². The Morgan fingerprint density at radius 3 is 2.29 bits per heavy atom. The van der Waals surface area contributed by atoms with Gasteiger partial charge in [0.25, 0.3) is 5.91 Å². The van der Waals surface area contributed by atoms with Crippen LogP contribution in [0.5, 0.6) is 5.88 Å². The fraction of sp³-hybridized carbons (Fsp3) is 0.179. The molecule has 0 atom stereocenters. The monoisotopic (exact) mass is 501 g/mol. The van der Waals surface area contributed by atoms with E-state index in [1.807, 2.05) is 64.1 Å². The van der Waals surface area contributed by atoms with Gasteiger partial charge < -0.3 is 5.11 Å². The molecule has 0 unspecified atom stereocenters. The van der Waals surface area contributed by atoms with Crippen molar-refractivity contribution in [2.24, 2.45) is 9.98 Å². The maximum atomic E-state index is 13.1. The van der Waals surface area contributed by atoms with E-state index in [4.69, 9.17) is 16.6 Å². The number of thiazole rings is 1. The highest BCUT2D eigenvalue weighted by Gasteiger charge is 2.27. The second kappa shape index (κ2) is 8.63. The first-order valence-corrected chi connectivity index (χ1v) is 12.4. The lowest BCUT2D eigenvalue weighted by Gasteiger charge is -2.09. The average Bonchev–Trinajstić information content (AvgIpc) is 3.31. The number of amides is 1. The molecule has 1 aliphatic rings. The van der Waals surface area contributed by atoms with Gasteiger partial charge in [-0.1, -0.05) is 41.1 Å². The van der Waals surface area contributed by atoms with Crippen molar-refractivity contribution in [1.29, 1.82) is 0 Å². The summed E-state index contributed by atoms with van der Waals surface area (Å²) >= 11 is 7.54. The summed E-state index contributed by atoms with van der Waals surface area (Å²) in [6.07, 6.45) is 0. The lowest BCUT2D eigenvalue weighted by Crippen LogP contribution is -2.26. The number of hydrogen-bond donors (Lipinski definition) is 1. The number of hydrogen-bond acceptors (Lipinski definition) is 4. The summed E-state index contributed by atoms with van der Waals surface area (Å²) < 4.78 is 1.70. The summed E-state index contributed by atoms with van der Waals surface area (Å²) in [5, 5.41) is 13.3. The number of carbonyl (C=O) groups is 1. The third-order valence-electron chi connectivity index (χ3n) is 6.55. The van der Waals surface area contributed by atoms with E-state index in [0.29, 0.717) is 30.9 Å². The molecular formula is C28H24ClN3O2S. The molecule has 0 saturated heterocycles. The van der Waals surface area contributed by atoms with Gasteiger partial charge in [0.2, 0.25) is 5.88 Å². The van der Waals surface area contributed by atoms with Crippen LogP contribution < -0.4 is 15.4 Å². The molecule has 0 bridgehead atoms. The summed E-state index contributed by atoms with van der Waals surface area (Å²) in [5.74, 6) is -0.438. The molecule has 1 N–H and O–H groups in total. The maximum Gasteiger partial charge on any atom is 0.279 e. The average molecular weight is 502 g/mol. The fourth-order valence-electron chi connectivity index (χ4n) is 4.13. The number of carbonyl (C=O) groups excluding carboxylic acids is 1. The van der Waals surface area contributed by atoms with E-state index in [2.05, 4.69) is 11.9 Å². The highest BCUT2D eigenvalue weighted by Crippen LogP contribution is 2.32. The van der Waals surface area contributed by atoms with Crippen molar-refractivity contribution in [2.75, 3.05) is 0 Å². The lowest BCUT2D eigenvalue weighted by molar-refractivity contribution is -0.112.